The first-order valence-corrected chi connectivity index (χ1v) is 5.24. The summed E-state index contributed by atoms with van der Waals surface area (Å²) in [6, 6.07) is 3.67. The van der Waals surface area contributed by atoms with Crippen molar-refractivity contribution in [1.82, 2.24) is 0 Å². The van der Waals surface area contributed by atoms with Crippen molar-refractivity contribution in [1.29, 1.82) is 0 Å². The molecule has 8 heteroatoms. The molecule has 0 aliphatic carbocycles. The van der Waals surface area contributed by atoms with Crippen LogP contribution in [0.5, 0.6) is 0 Å². The van der Waals surface area contributed by atoms with Crippen LogP contribution in [0.15, 0.2) is 18.2 Å². The standard InChI is InChI=1S/C11H12N2O6/c1-6(11(15)16)19-5-8-3-2-7(10(12)14)4-9(8)13(17)18/h2-4,6H,5H2,1H3,(H2,12,14)(H,15,16)/t6-/m0/s1. The van der Waals surface area contributed by atoms with Gasteiger partial charge in [0, 0.05) is 11.6 Å². The van der Waals surface area contributed by atoms with E-state index < -0.39 is 22.9 Å². The molecule has 19 heavy (non-hydrogen) atoms. The Kier molecular flexibility index (Phi) is 4.54. The zero-order valence-electron chi connectivity index (χ0n) is 10.0. The highest BCUT2D eigenvalue weighted by Gasteiger charge is 2.19. The Morgan fingerprint density at radius 1 is 1.53 bits per heavy atom. The average Bonchev–Trinajstić information content (AvgIpc) is 2.35. The molecule has 1 aromatic carbocycles. The lowest BCUT2D eigenvalue weighted by Crippen LogP contribution is -2.20. The normalized spacial score (nSPS) is 11.8. The minimum Gasteiger partial charge on any atom is -0.479 e. The maximum Gasteiger partial charge on any atom is 0.332 e. The monoisotopic (exact) mass is 268 g/mol. The number of carbonyl (C=O) groups excluding carboxylic acids is 1. The molecule has 0 aliphatic heterocycles. The second-order valence-electron chi connectivity index (χ2n) is 3.76. The molecule has 0 unspecified atom stereocenters. The van der Waals surface area contributed by atoms with Crippen molar-refractivity contribution in [3.8, 4) is 0 Å². The van der Waals surface area contributed by atoms with E-state index in [0.29, 0.717) is 0 Å². The van der Waals surface area contributed by atoms with E-state index in [-0.39, 0.29) is 23.4 Å². The lowest BCUT2D eigenvalue weighted by molar-refractivity contribution is -0.386. The van der Waals surface area contributed by atoms with Crippen molar-refractivity contribution >= 4 is 17.6 Å². The summed E-state index contributed by atoms with van der Waals surface area (Å²) in [7, 11) is 0. The minimum absolute atomic E-state index is 0.00160. The predicted octanol–water partition coefficient (Wildman–Crippen LogP) is 0.683. The highest BCUT2D eigenvalue weighted by atomic mass is 16.6. The molecule has 0 fully saturated rings. The molecule has 3 N–H and O–H groups in total. The molecule has 0 aliphatic rings. The van der Waals surface area contributed by atoms with E-state index in [0.717, 1.165) is 6.07 Å². The second kappa shape index (κ2) is 5.91. The van der Waals surface area contributed by atoms with Crippen molar-refractivity contribution in [3.05, 3.63) is 39.4 Å². The van der Waals surface area contributed by atoms with Gasteiger partial charge in [0.15, 0.2) is 6.10 Å². The van der Waals surface area contributed by atoms with Crippen LogP contribution in [-0.2, 0) is 16.1 Å². The number of nitro groups is 1. The number of hydrogen-bond acceptors (Lipinski definition) is 5. The molecular formula is C11H12N2O6. The lowest BCUT2D eigenvalue weighted by Gasteiger charge is -2.09. The molecule has 0 bridgehead atoms. The number of nitrogens with zero attached hydrogens (tertiary/aromatic N) is 1. The molecule has 1 aromatic rings. The number of carbonyl (C=O) groups is 2. The molecule has 1 rings (SSSR count). The maximum absolute atomic E-state index is 10.9. The van der Waals surface area contributed by atoms with E-state index in [1.54, 1.807) is 0 Å². The van der Waals surface area contributed by atoms with E-state index >= 15 is 0 Å². The van der Waals surface area contributed by atoms with Gasteiger partial charge in [-0.25, -0.2) is 4.79 Å². The lowest BCUT2D eigenvalue weighted by atomic mass is 10.1. The number of hydrogen-bond donors (Lipinski definition) is 2. The molecule has 1 atom stereocenters. The zero-order valence-corrected chi connectivity index (χ0v) is 10.0. The van der Waals surface area contributed by atoms with Crippen LogP contribution >= 0.6 is 0 Å². The third-order valence-corrected chi connectivity index (χ3v) is 2.40. The largest absolute Gasteiger partial charge is 0.479 e. The number of amides is 1. The molecular weight excluding hydrogens is 256 g/mol. The van der Waals surface area contributed by atoms with E-state index in [1.807, 2.05) is 0 Å². The van der Waals surface area contributed by atoms with Gasteiger partial charge in [0.2, 0.25) is 5.91 Å². The number of rotatable bonds is 6. The molecule has 0 radical (unpaired) electrons. The van der Waals surface area contributed by atoms with Crippen LogP contribution in [0, 0.1) is 10.1 Å². The summed E-state index contributed by atoms with van der Waals surface area (Å²) in [6.45, 7) is 1.06. The average molecular weight is 268 g/mol. The van der Waals surface area contributed by atoms with Gasteiger partial charge in [0.05, 0.1) is 17.1 Å². The fraction of sp³-hybridized carbons (Fsp3) is 0.273. The van der Waals surface area contributed by atoms with Crippen LogP contribution in [0.1, 0.15) is 22.8 Å². The molecule has 0 heterocycles. The number of benzene rings is 1. The Balaban J connectivity index is 2.97. The summed E-state index contributed by atoms with van der Waals surface area (Å²) in [5.41, 5.74) is 4.86. The number of primary amides is 1. The van der Waals surface area contributed by atoms with Crippen LogP contribution in [-0.4, -0.2) is 28.0 Å². The first kappa shape index (κ1) is 14.6. The summed E-state index contributed by atoms with van der Waals surface area (Å²) in [5, 5.41) is 19.5. The van der Waals surface area contributed by atoms with E-state index in [9.17, 15) is 19.7 Å². The van der Waals surface area contributed by atoms with E-state index in [2.05, 4.69) is 0 Å². The van der Waals surface area contributed by atoms with Gasteiger partial charge in [-0.1, -0.05) is 0 Å². The van der Waals surface area contributed by atoms with Gasteiger partial charge < -0.3 is 15.6 Å². The van der Waals surface area contributed by atoms with Gasteiger partial charge >= 0.3 is 5.97 Å². The summed E-state index contributed by atoms with van der Waals surface area (Å²) < 4.78 is 4.96. The quantitative estimate of drug-likeness (QED) is 0.575. The van der Waals surface area contributed by atoms with Gasteiger partial charge in [0.1, 0.15) is 0 Å². The highest BCUT2D eigenvalue weighted by Crippen LogP contribution is 2.21. The van der Waals surface area contributed by atoms with Crippen LogP contribution in [0.2, 0.25) is 0 Å². The smallest absolute Gasteiger partial charge is 0.332 e. The Labute approximate surface area is 107 Å². The zero-order chi connectivity index (χ0) is 14.6. The Hall–Kier alpha value is -2.48. The fourth-order valence-electron chi connectivity index (χ4n) is 1.30. The van der Waals surface area contributed by atoms with Gasteiger partial charge in [-0.15, -0.1) is 0 Å². The van der Waals surface area contributed by atoms with Crippen molar-refractivity contribution in [2.45, 2.75) is 19.6 Å². The number of carboxylic acid groups (broad SMARTS) is 1. The van der Waals surface area contributed by atoms with Crippen LogP contribution in [0.4, 0.5) is 5.69 Å². The van der Waals surface area contributed by atoms with Gasteiger partial charge in [0.25, 0.3) is 5.69 Å². The van der Waals surface area contributed by atoms with E-state index in [4.69, 9.17) is 15.6 Å². The Morgan fingerprint density at radius 3 is 2.63 bits per heavy atom. The van der Waals surface area contributed by atoms with Gasteiger partial charge in [-0.05, 0) is 19.1 Å². The fourth-order valence-corrected chi connectivity index (χ4v) is 1.30. The van der Waals surface area contributed by atoms with Gasteiger partial charge in [-0.3, -0.25) is 14.9 Å². The summed E-state index contributed by atoms with van der Waals surface area (Å²) in [4.78, 5) is 31.7. The Bertz CT molecular complexity index is 528. The highest BCUT2D eigenvalue weighted by molar-refractivity contribution is 5.93. The maximum atomic E-state index is 10.9. The van der Waals surface area contributed by atoms with Gasteiger partial charge in [-0.2, -0.15) is 0 Å². The predicted molar refractivity (Wildman–Crippen MR) is 63.5 cm³/mol. The van der Waals surface area contributed by atoms with Crippen LogP contribution in [0.25, 0.3) is 0 Å². The van der Waals surface area contributed by atoms with Crippen molar-refractivity contribution in [2.24, 2.45) is 5.73 Å². The van der Waals surface area contributed by atoms with Crippen molar-refractivity contribution in [2.75, 3.05) is 0 Å². The summed E-state index contributed by atoms with van der Waals surface area (Å²) in [5.74, 6) is -1.95. The number of nitro benzene ring substituents is 1. The molecule has 102 valence electrons. The first-order chi connectivity index (χ1) is 8.82. The molecule has 0 saturated carbocycles. The SMILES string of the molecule is C[C@H](OCc1ccc(C(N)=O)cc1[N+](=O)[O-])C(=O)O. The minimum atomic E-state index is -1.17. The summed E-state index contributed by atoms with van der Waals surface area (Å²) in [6.07, 6.45) is -1.09. The Morgan fingerprint density at radius 2 is 2.16 bits per heavy atom. The number of ether oxygens (including phenoxy) is 1. The molecule has 0 spiro atoms. The van der Waals surface area contributed by atoms with Crippen LogP contribution in [0.3, 0.4) is 0 Å². The summed E-state index contributed by atoms with van der Waals surface area (Å²) >= 11 is 0. The third kappa shape index (κ3) is 3.75. The molecule has 0 saturated heterocycles. The van der Waals surface area contributed by atoms with Crippen molar-refractivity contribution in [3.63, 3.8) is 0 Å². The number of nitrogens with two attached hydrogens (primary N) is 1. The first-order valence-electron chi connectivity index (χ1n) is 5.24. The number of aliphatic carboxylic acids is 1. The molecule has 0 aromatic heterocycles. The number of carboxylic acids is 1. The van der Waals surface area contributed by atoms with E-state index in [1.165, 1.54) is 19.1 Å². The third-order valence-electron chi connectivity index (χ3n) is 2.40. The van der Waals surface area contributed by atoms with Crippen molar-refractivity contribution < 1.29 is 24.4 Å². The topological polar surface area (TPSA) is 133 Å². The van der Waals surface area contributed by atoms with Crippen LogP contribution < -0.4 is 5.73 Å². The molecule has 1 amide bonds. The molecule has 8 nitrogen and oxygen atoms in total. The second-order valence-corrected chi connectivity index (χ2v) is 3.76.